The number of unbranched alkanes of at least 4 members (excludes halogenated alkanes) is 14. The van der Waals surface area contributed by atoms with E-state index in [1.165, 1.54) is 83.5 Å². The normalized spacial score (nSPS) is 13.6. The zero-order chi connectivity index (χ0) is 24.1. The van der Waals surface area contributed by atoms with Crippen LogP contribution in [0.5, 0.6) is 0 Å². The molecule has 0 fully saturated rings. The maximum atomic E-state index is 11.0. The van der Waals surface area contributed by atoms with Gasteiger partial charge in [0.25, 0.3) is 0 Å². The van der Waals surface area contributed by atoms with Crippen molar-refractivity contribution in [2.24, 2.45) is 0 Å². The number of quaternary nitrogens is 1. The van der Waals surface area contributed by atoms with Gasteiger partial charge >= 0.3 is 7.82 Å². The van der Waals surface area contributed by atoms with Crippen LogP contribution in [0.25, 0.3) is 0 Å². The number of phosphoric acid groups is 1. The molecule has 0 saturated heterocycles. The van der Waals surface area contributed by atoms with Crippen LogP contribution in [0.2, 0.25) is 0 Å². The smallest absolute Gasteiger partial charge is 0.381 e. The topological polar surface area (TPSA) is 76.0 Å². The fraction of sp³-hybridized carbons (Fsp3) is 1.00. The Labute approximate surface area is 199 Å². The van der Waals surface area contributed by atoms with Gasteiger partial charge in [0.05, 0.1) is 21.1 Å². The lowest BCUT2D eigenvalue weighted by Gasteiger charge is -2.34. The zero-order valence-corrected chi connectivity index (χ0v) is 22.6. The largest absolute Gasteiger partial charge is 0.469 e. The van der Waals surface area contributed by atoms with Gasteiger partial charge in [-0.15, -0.1) is 0 Å². The second kappa shape index (κ2) is 20.4. The molecule has 0 heterocycles. The molecule has 0 aliphatic heterocycles. The summed E-state index contributed by atoms with van der Waals surface area (Å²) < 4.78 is 22.1. The zero-order valence-electron chi connectivity index (χ0n) is 21.7. The molecule has 194 valence electrons. The fourth-order valence-electron chi connectivity index (χ4n) is 3.96. The second-order valence-electron chi connectivity index (χ2n) is 10.3. The first-order valence-electron chi connectivity index (χ1n) is 13.3. The Bertz CT molecular complexity index is 450. The number of hydrogen-bond donors (Lipinski definition) is 2. The van der Waals surface area contributed by atoms with Crippen molar-refractivity contribution in [1.29, 1.82) is 0 Å². The third kappa shape index (κ3) is 23.2. The molecule has 1 atom stereocenters. The van der Waals surface area contributed by atoms with Crippen molar-refractivity contribution in [2.75, 3.05) is 41.0 Å². The highest BCUT2D eigenvalue weighted by Gasteiger charge is 2.27. The summed E-state index contributed by atoms with van der Waals surface area (Å²) in [6, 6.07) is 0.0634. The Hall–Kier alpha value is 0.0300. The summed E-state index contributed by atoms with van der Waals surface area (Å²) in [5.41, 5.74) is 0. The minimum absolute atomic E-state index is 0.0634. The lowest BCUT2D eigenvalue weighted by atomic mass is 10.0. The van der Waals surface area contributed by atoms with Crippen LogP contribution in [-0.4, -0.2) is 61.3 Å². The van der Waals surface area contributed by atoms with Crippen molar-refractivity contribution in [1.82, 2.24) is 0 Å². The standard InChI is InChI=1S/C25H54NO5P/c1-5-6-7-8-9-10-11-12-13-14-15-16-17-19-22-30-23-20-18-21-25(26(2,3)4)24-31-32(27,28)29/h25H,5-24H2,1-4H3,(H-,27,28,29)/p+1. The van der Waals surface area contributed by atoms with Crippen molar-refractivity contribution >= 4 is 7.82 Å². The Morgan fingerprint density at radius 2 is 1.09 bits per heavy atom. The molecule has 32 heavy (non-hydrogen) atoms. The molecule has 0 radical (unpaired) electrons. The van der Waals surface area contributed by atoms with E-state index in [-0.39, 0.29) is 12.6 Å². The van der Waals surface area contributed by atoms with Crippen LogP contribution in [0.3, 0.4) is 0 Å². The molecular weight excluding hydrogens is 425 g/mol. The van der Waals surface area contributed by atoms with Gasteiger partial charge in [-0.3, -0.25) is 4.52 Å². The molecule has 0 aliphatic rings. The van der Waals surface area contributed by atoms with Crippen LogP contribution in [0.4, 0.5) is 0 Å². The minimum atomic E-state index is -4.40. The first-order chi connectivity index (χ1) is 15.2. The van der Waals surface area contributed by atoms with Gasteiger partial charge in [-0.2, -0.15) is 0 Å². The SMILES string of the molecule is CCCCCCCCCCCCCCCCOCCCCC(COP(=O)(O)O)[N+](C)(C)C. The monoisotopic (exact) mass is 480 g/mol. The molecule has 7 heteroatoms. The Kier molecular flexibility index (Phi) is 20.4. The third-order valence-electron chi connectivity index (χ3n) is 6.25. The number of ether oxygens (including phenoxy) is 1. The van der Waals surface area contributed by atoms with Crippen molar-refractivity contribution in [3.05, 3.63) is 0 Å². The molecule has 0 aromatic carbocycles. The van der Waals surface area contributed by atoms with Crippen LogP contribution in [-0.2, 0) is 13.8 Å². The van der Waals surface area contributed by atoms with Crippen LogP contribution in [0, 0.1) is 0 Å². The maximum absolute atomic E-state index is 11.0. The summed E-state index contributed by atoms with van der Waals surface area (Å²) in [6.45, 7) is 3.96. The second-order valence-corrected chi connectivity index (χ2v) is 11.5. The van der Waals surface area contributed by atoms with Gasteiger partial charge in [0, 0.05) is 19.6 Å². The van der Waals surface area contributed by atoms with Gasteiger partial charge in [0.15, 0.2) is 0 Å². The Morgan fingerprint density at radius 3 is 1.50 bits per heavy atom. The summed E-state index contributed by atoms with van der Waals surface area (Å²) in [5.74, 6) is 0. The molecule has 0 amide bonds. The number of phosphoric ester groups is 1. The average molecular weight is 481 g/mol. The predicted molar refractivity (Wildman–Crippen MR) is 135 cm³/mol. The third-order valence-corrected chi connectivity index (χ3v) is 6.73. The van der Waals surface area contributed by atoms with E-state index >= 15 is 0 Å². The van der Waals surface area contributed by atoms with Crippen molar-refractivity contribution in [2.45, 2.75) is 122 Å². The number of nitrogens with zero attached hydrogens (tertiary/aromatic N) is 1. The van der Waals surface area contributed by atoms with Crippen LogP contribution in [0.15, 0.2) is 0 Å². The summed E-state index contributed by atoms with van der Waals surface area (Å²) in [5, 5.41) is 0. The van der Waals surface area contributed by atoms with Crippen LogP contribution < -0.4 is 0 Å². The van der Waals surface area contributed by atoms with Gasteiger partial charge < -0.3 is 19.0 Å². The lowest BCUT2D eigenvalue weighted by Crippen LogP contribution is -2.47. The Balaban J connectivity index is 3.42. The Morgan fingerprint density at radius 1 is 0.688 bits per heavy atom. The van der Waals surface area contributed by atoms with E-state index in [2.05, 4.69) is 6.92 Å². The number of likely N-dealkylation sites (N-methyl/N-ethyl adjacent to an activating group) is 1. The van der Waals surface area contributed by atoms with Crippen molar-refractivity contribution in [3.63, 3.8) is 0 Å². The van der Waals surface area contributed by atoms with Gasteiger partial charge in [-0.1, -0.05) is 90.4 Å². The first-order valence-corrected chi connectivity index (χ1v) is 14.8. The lowest BCUT2D eigenvalue weighted by molar-refractivity contribution is -0.896. The summed E-state index contributed by atoms with van der Waals surface area (Å²) in [4.78, 5) is 17.9. The van der Waals surface area contributed by atoms with Crippen molar-refractivity contribution in [3.8, 4) is 0 Å². The van der Waals surface area contributed by atoms with Gasteiger partial charge in [-0.05, 0) is 19.3 Å². The molecule has 0 bridgehead atoms. The number of rotatable bonds is 24. The summed E-state index contributed by atoms with van der Waals surface area (Å²) >= 11 is 0. The predicted octanol–water partition coefficient (Wildman–Crippen LogP) is 6.84. The quantitative estimate of drug-likeness (QED) is 0.0898. The van der Waals surface area contributed by atoms with E-state index in [0.29, 0.717) is 4.48 Å². The molecule has 0 spiro atoms. The van der Waals surface area contributed by atoms with E-state index in [9.17, 15) is 4.57 Å². The summed E-state index contributed by atoms with van der Waals surface area (Å²) in [7, 11) is 1.68. The molecular formula is C25H55NO5P+. The molecule has 0 rings (SSSR count). The molecule has 1 unspecified atom stereocenters. The number of hydrogen-bond acceptors (Lipinski definition) is 3. The van der Waals surface area contributed by atoms with Crippen molar-refractivity contribution < 1.29 is 28.1 Å². The maximum Gasteiger partial charge on any atom is 0.469 e. The summed E-state index contributed by atoms with van der Waals surface area (Å²) in [6.07, 6.45) is 22.0. The molecule has 0 aromatic rings. The highest BCUT2D eigenvalue weighted by atomic mass is 31.2. The van der Waals surface area contributed by atoms with E-state index in [1.807, 2.05) is 21.1 Å². The fourth-order valence-corrected chi connectivity index (χ4v) is 4.33. The minimum Gasteiger partial charge on any atom is -0.381 e. The highest BCUT2D eigenvalue weighted by Crippen LogP contribution is 2.36. The van der Waals surface area contributed by atoms with E-state index < -0.39 is 7.82 Å². The van der Waals surface area contributed by atoms with E-state index in [0.717, 1.165) is 38.9 Å². The van der Waals surface area contributed by atoms with Gasteiger partial charge in [0.1, 0.15) is 12.6 Å². The van der Waals surface area contributed by atoms with Crippen LogP contribution >= 0.6 is 7.82 Å². The average Bonchev–Trinajstić information content (AvgIpc) is 2.70. The molecule has 2 N–H and O–H groups in total. The van der Waals surface area contributed by atoms with Crippen LogP contribution in [0.1, 0.15) is 116 Å². The molecule has 0 saturated carbocycles. The van der Waals surface area contributed by atoms with E-state index in [4.69, 9.17) is 19.0 Å². The first kappa shape index (κ1) is 32.0. The van der Waals surface area contributed by atoms with E-state index in [1.54, 1.807) is 0 Å². The molecule has 0 aliphatic carbocycles. The highest BCUT2D eigenvalue weighted by molar-refractivity contribution is 7.46. The van der Waals surface area contributed by atoms with Gasteiger partial charge in [0.2, 0.25) is 0 Å². The molecule has 0 aromatic heterocycles. The molecule has 6 nitrogen and oxygen atoms in total. The van der Waals surface area contributed by atoms with Gasteiger partial charge in [-0.25, -0.2) is 4.57 Å².